The van der Waals surface area contributed by atoms with Gasteiger partial charge < -0.3 is 29.0 Å². The average molecular weight is 675 g/mol. The van der Waals surface area contributed by atoms with E-state index in [4.69, 9.17) is 18.9 Å². The molecule has 0 aromatic carbocycles. The van der Waals surface area contributed by atoms with Crippen LogP contribution in [0.1, 0.15) is 101 Å². The number of ether oxygens (including phenoxy) is 4. The number of nitrogens with zero attached hydrogens (tertiary/aromatic N) is 2. The Hall–Kier alpha value is -2.20. The van der Waals surface area contributed by atoms with Crippen molar-refractivity contribution < 1.29 is 33.6 Å². The number of hydrogen-bond donors (Lipinski definition) is 1. The van der Waals surface area contributed by atoms with Gasteiger partial charge in [-0.2, -0.15) is 0 Å². The SMILES string of the molecule is CCC(OC)C(C)C1OC1CC(C)(C)/C=C/C=C(\C)C1OC(=O)CC(O)CCC(C)(C)C(OC(=O)N2CCN(C(C)C)CC2)/C=C/C1C. The molecule has 0 bridgehead atoms. The first kappa shape index (κ1) is 40.2. The molecule has 8 unspecified atom stereocenters. The van der Waals surface area contributed by atoms with Crippen LogP contribution in [0.25, 0.3) is 0 Å². The predicted octanol–water partition coefficient (Wildman–Crippen LogP) is 6.94. The second-order valence-electron chi connectivity index (χ2n) is 16.1. The molecule has 2 fully saturated rings. The second kappa shape index (κ2) is 17.6. The van der Waals surface area contributed by atoms with E-state index in [1.807, 2.05) is 38.2 Å². The summed E-state index contributed by atoms with van der Waals surface area (Å²) < 4.78 is 23.9. The van der Waals surface area contributed by atoms with Crippen LogP contribution in [0.4, 0.5) is 4.79 Å². The maximum absolute atomic E-state index is 13.3. The van der Waals surface area contributed by atoms with Gasteiger partial charge in [-0.25, -0.2) is 4.79 Å². The van der Waals surface area contributed by atoms with Gasteiger partial charge in [-0.05, 0) is 63.5 Å². The molecule has 0 aromatic rings. The van der Waals surface area contributed by atoms with Gasteiger partial charge in [-0.1, -0.05) is 72.8 Å². The van der Waals surface area contributed by atoms with Gasteiger partial charge in [0, 0.05) is 56.6 Å². The first-order valence-corrected chi connectivity index (χ1v) is 18.3. The number of hydrogen-bond acceptors (Lipinski definition) is 8. The summed E-state index contributed by atoms with van der Waals surface area (Å²) in [6.45, 7) is 24.1. The Kier molecular flexibility index (Phi) is 14.8. The summed E-state index contributed by atoms with van der Waals surface area (Å²) in [5.41, 5.74) is 0.358. The number of epoxide rings is 1. The molecule has 48 heavy (non-hydrogen) atoms. The van der Waals surface area contributed by atoms with Gasteiger partial charge in [0.15, 0.2) is 0 Å². The zero-order valence-electron chi connectivity index (χ0n) is 31.7. The number of aliphatic hydroxyl groups excluding tert-OH is 1. The average Bonchev–Trinajstić information content (AvgIpc) is 3.78. The van der Waals surface area contributed by atoms with Gasteiger partial charge in [-0.3, -0.25) is 9.69 Å². The Morgan fingerprint density at radius 3 is 2.44 bits per heavy atom. The van der Waals surface area contributed by atoms with Gasteiger partial charge in [-0.15, -0.1) is 0 Å². The molecule has 0 aliphatic carbocycles. The topological polar surface area (TPSA) is 101 Å². The quantitative estimate of drug-likeness (QED) is 0.109. The molecule has 9 heteroatoms. The number of rotatable bonds is 11. The highest BCUT2D eigenvalue weighted by molar-refractivity contribution is 5.70. The monoisotopic (exact) mass is 674 g/mol. The summed E-state index contributed by atoms with van der Waals surface area (Å²) in [6.07, 6.45) is 11.4. The Morgan fingerprint density at radius 1 is 1.17 bits per heavy atom. The minimum Gasteiger partial charge on any atom is -0.457 e. The van der Waals surface area contributed by atoms with Crippen molar-refractivity contribution in [1.82, 2.24) is 9.80 Å². The van der Waals surface area contributed by atoms with Crippen molar-refractivity contribution in [3.63, 3.8) is 0 Å². The maximum atomic E-state index is 13.3. The molecule has 9 nitrogen and oxygen atoms in total. The van der Waals surface area contributed by atoms with E-state index in [0.717, 1.165) is 31.5 Å². The highest BCUT2D eigenvalue weighted by atomic mass is 16.6. The lowest BCUT2D eigenvalue weighted by Crippen LogP contribution is -2.51. The zero-order chi connectivity index (χ0) is 35.8. The van der Waals surface area contributed by atoms with Crippen LogP contribution in [0.15, 0.2) is 36.0 Å². The van der Waals surface area contributed by atoms with E-state index < -0.39 is 29.7 Å². The fourth-order valence-electron chi connectivity index (χ4n) is 7.11. The molecular formula is C39H66N2O7. The summed E-state index contributed by atoms with van der Waals surface area (Å²) in [5, 5.41) is 10.8. The van der Waals surface area contributed by atoms with Crippen LogP contribution in [0.2, 0.25) is 0 Å². The third kappa shape index (κ3) is 11.7. The van der Waals surface area contributed by atoms with Crippen molar-refractivity contribution in [3.05, 3.63) is 36.0 Å². The number of aliphatic hydroxyl groups is 1. The third-order valence-corrected chi connectivity index (χ3v) is 10.7. The molecule has 3 aliphatic rings. The maximum Gasteiger partial charge on any atom is 0.410 e. The fraction of sp³-hybridized carbons (Fsp3) is 0.795. The van der Waals surface area contributed by atoms with Crippen LogP contribution in [-0.4, -0.2) is 103 Å². The van der Waals surface area contributed by atoms with E-state index in [9.17, 15) is 14.7 Å². The lowest BCUT2D eigenvalue weighted by atomic mass is 9.80. The Labute approximate surface area is 291 Å². The number of allylic oxidation sites excluding steroid dienone is 3. The summed E-state index contributed by atoms with van der Waals surface area (Å²) in [5.74, 6) is -0.256. The summed E-state index contributed by atoms with van der Waals surface area (Å²) in [4.78, 5) is 30.5. The molecule has 0 spiro atoms. The number of methoxy groups -OCH3 is 1. The van der Waals surface area contributed by atoms with Gasteiger partial charge in [0.05, 0.1) is 30.8 Å². The van der Waals surface area contributed by atoms with E-state index in [1.165, 1.54) is 0 Å². The molecule has 3 heterocycles. The molecule has 3 aliphatic heterocycles. The van der Waals surface area contributed by atoms with E-state index in [2.05, 4.69) is 66.4 Å². The number of cyclic esters (lactones) is 1. The van der Waals surface area contributed by atoms with Crippen LogP contribution in [0, 0.1) is 22.7 Å². The van der Waals surface area contributed by atoms with Gasteiger partial charge >= 0.3 is 12.1 Å². The van der Waals surface area contributed by atoms with E-state index in [-0.39, 0.29) is 42.2 Å². The summed E-state index contributed by atoms with van der Waals surface area (Å²) >= 11 is 0. The molecule has 3 rings (SSSR count). The fourth-order valence-corrected chi connectivity index (χ4v) is 7.11. The molecular weight excluding hydrogens is 608 g/mol. The predicted molar refractivity (Wildman–Crippen MR) is 191 cm³/mol. The first-order valence-electron chi connectivity index (χ1n) is 18.3. The largest absolute Gasteiger partial charge is 0.457 e. The minimum atomic E-state index is -0.839. The second-order valence-corrected chi connectivity index (χ2v) is 16.1. The standard InChI is InChI=1S/C39H66N2O7/c1-12-31(45-11)29(6)36-32(46-36)25-38(7,8)18-13-14-27(4)35-28(5)15-16-33(39(9,10)19-17-30(42)24-34(43)48-35)47-37(44)41-22-20-40(21-23-41)26(2)3/h13-16,18,26,28-33,35-36,42H,12,17,19-25H2,1-11H3/b16-15+,18-13+,27-14+. The number of amides is 1. The number of piperazine rings is 1. The van der Waals surface area contributed by atoms with Crippen molar-refractivity contribution in [2.75, 3.05) is 33.3 Å². The van der Waals surface area contributed by atoms with Crippen LogP contribution in [0.5, 0.6) is 0 Å². The van der Waals surface area contributed by atoms with Crippen molar-refractivity contribution in [1.29, 1.82) is 0 Å². The molecule has 1 amide bonds. The van der Waals surface area contributed by atoms with Crippen LogP contribution >= 0.6 is 0 Å². The Balaban J connectivity index is 1.73. The number of carbonyl (C=O) groups is 2. The van der Waals surface area contributed by atoms with E-state index in [1.54, 1.807) is 12.0 Å². The van der Waals surface area contributed by atoms with Crippen molar-refractivity contribution in [2.45, 2.75) is 144 Å². The smallest absolute Gasteiger partial charge is 0.410 e. The number of carbonyl (C=O) groups excluding carboxylic acids is 2. The lowest BCUT2D eigenvalue weighted by molar-refractivity contribution is -0.151. The first-order chi connectivity index (χ1) is 22.5. The van der Waals surface area contributed by atoms with Crippen LogP contribution in [-0.2, 0) is 23.7 Å². The molecule has 2 saturated heterocycles. The van der Waals surface area contributed by atoms with Crippen LogP contribution in [0.3, 0.4) is 0 Å². The Bertz CT molecular complexity index is 1130. The third-order valence-electron chi connectivity index (χ3n) is 10.7. The van der Waals surface area contributed by atoms with Crippen LogP contribution < -0.4 is 0 Å². The van der Waals surface area contributed by atoms with Crippen molar-refractivity contribution >= 4 is 12.1 Å². The van der Waals surface area contributed by atoms with Gasteiger partial charge in [0.2, 0.25) is 0 Å². The van der Waals surface area contributed by atoms with Gasteiger partial charge in [0.1, 0.15) is 12.2 Å². The van der Waals surface area contributed by atoms with Gasteiger partial charge in [0.25, 0.3) is 0 Å². The summed E-state index contributed by atoms with van der Waals surface area (Å²) in [7, 11) is 1.77. The lowest BCUT2D eigenvalue weighted by Gasteiger charge is -2.39. The highest BCUT2D eigenvalue weighted by Gasteiger charge is 2.47. The molecule has 0 radical (unpaired) electrons. The molecule has 274 valence electrons. The summed E-state index contributed by atoms with van der Waals surface area (Å²) in [6, 6.07) is 0.444. The molecule has 8 atom stereocenters. The minimum absolute atomic E-state index is 0.0767. The number of esters is 1. The molecule has 0 aromatic heterocycles. The van der Waals surface area contributed by atoms with E-state index >= 15 is 0 Å². The Morgan fingerprint density at radius 2 is 1.83 bits per heavy atom. The normalized spacial score (nSPS) is 31.5. The van der Waals surface area contributed by atoms with Crippen molar-refractivity contribution in [3.8, 4) is 0 Å². The molecule has 1 N–H and O–H groups in total. The zero-order valence-corrected chi connectivity index (χ0v) is 31.7. The van der Waals surface area contributed by atoms with Crippen molar-refractivity contribution in [2.24, 2.45) is 22.7 Å². The highest BCUT2D eigenvalue weighted by Crippen LogP contribution is 2.41. The molecule has 0 saturated carbocycles. The van der Waals surface area contributed by atoms with E-state index in [0.29, 0.717) is 37.9 Å².